The van der Waals surface area contributed by atoms with Crippen LogP contribution in [-0.4, -0.2) is 236 Å². The molecule has 6 aromatic carbocycles. The molecule has 20 atom stereocenters. The van der Waals surface area contributed by atoms with Crippen molar-refractivity contribution in [2.75, 3.05) is 105 Å². The van der Waals surface area contributed by atoms with Crippen LogP contribution in [-0.2, 0) is 60.4 Å². The second-order valence-corrected chi connectivity index (χ2v) is 43.1. The number of carbonyl (C=O) groups is 4. The smallest absolute Gasteiger partial charge is 0.305 e. The molecule has 0 aromatic heterocycles. The zero-order valence-electron chi connectivity index (χ0n) is 87.0. The van der Waals surface area contributed by atoms with Gasteiger partial charge in [0, 0.05) is 110 Å². The maximum atomic E-state index is 12.0. The van der Waals surface area contributed by atoms with Gasteiger partial charge >= 0.3 is 23.9 Å². The van der Waals surface area contributed by atoms with Crippen LogP contribution in [0.2, 0.25) is 0 Å². The summed E-state index contributed by atoms with van der Waals surface area (Å²) in [5.41, 5.74) is 10.4. The first-order chi connectivity index (χ1) is 71.0. The van der Waals surface area contributed by atoms with E-state index >= 15 is 0 Å². The highest BCUT2D eigenvalue weighted by molar-refractivity contribution is 6.22. The first-order valence-electron chi connectivity index (χ1n) is 55.2. The number of halogens is 4. The summed E-state index contributed by atoms with van der Waals surface area (Å²) >= 11 is 26.6. The number of aryl methyl sites for hydroxylation is 2. The summed E-state index contributed by atoms with van der Waals surface area (Å²) in [5.74, 6) is -0.107. The van der Waals surface area contributed by atoms with Gasteiger partial charge in [0.25, 0.3) is 0 Å². The largest absolute Gasteiger partial charge is 0.464 e. The van der Waals surface area contributed by atoms with E-state index in [0.717, 1.165) is 258 Å². The fourth-order valence-corrected chi connectivity index (χ4v) is 23.4. The van der Waals surface area contributed by atoms with Crippen LogP contribution in [0.15, 0.2) is 182 Å². The highest BCUT2D eigenvalue weighted by Crippen LogP contribution is 2.50. The molecule has 26 heteroatoms. The fraction of sp³-hybridized carbons (Fsp3) is 0.633. The molecule has 22 nitrogen and oxygen atoms in total. The van der Waals surface area contributed by atoms with Gasteiger partial charge in [0.1, 0.15) is 26.4 Å². The lowest BCUT2D eigenvalue weighted by Gasteiger charge is -2.26. The predicted octanol–water partition coefficient (Wildman–Crippen LogP) is 22.1. The maximum absolute atomic E-state index is 12.0. The Morgan fingerprint density at radius 1 is 0.342 bits per heavy atom. The molecule has 812 valence electrons. The second kappa shape index (κ2) is 71.2. The van der Waals surface area contributed by atoms with E-state index in [1.54, 1.807) is 0 Å². The Kier molecular flexibility index (Phi) is 59.9. The zero-order chi connectivity index (χ0) is 104. The number of hydrogen-bond donors (Lipinski definition) is 10. The third-order valence-corrected chi connectivity index (χ3v) is 32.1. The number of allylic oxidation sites excluding steroid dienone is 4. The normalized spacial score (nSPS) is 24.0. The summed E-state index contributed by atoms with van der Waals surface area (Å²) in [7, 11) is 0. The molecule has 2 aliphatic heterocycles. The molecular formula is C120H174Cl4N2O20. The van der Waals surface area contributed by atoms with Crippen molar-refractivity contribution < 1.29 is 98.7 Å². The van der Waals surface area contributed by atoms with Crippen LogP contribution >= 0.6 is 46.4 Å². The van der Waals surface area contributed by atoms with Crippen molar-refractivity contribution in [2.45, 2.75) is 352 Å². The highest BCUT2D eigenvalue weighted by atomic mass is 35.5. The molecule has 0 radical (unpaired) electrons. The molecule has 146 heavy (non-hydrogen) atoms. The third-order valence-electron chi connectivity index (χ3n) is 30.1. The van der Waals surface area contributed by atoms with Crippen LogP contribution in [0.5, 0.6) is 0 Å². The lowest BCUT2D eigenvalue weighted by atomic mass is 9.83. The third kappa shape index (κ3) is 44.5. The van der Waals surface area contributed by atoms with Crippen molar-refractivity contribution in [1.29, 1.82) is 0 Å². The summed E-state index contributed by atoms with van der Waals surface area (Å²) in [6.07, 6.45) is 36.5. The number of unbranched alkanes of at least 4 members (excludes halogenated alkanes) is 14. The first-order valence-corrected chi connectivity index (χ1v) is 56.9. The van der Waals surface area contributed by atoms with Gasteiger partial charge in [-0.25, -0.2) is 0 Å². The van der Waals surface area contributed by atoms with Gasteiger partial charge < -0.3 is 79.5 Å². The van der Waals surface area contributed by atoms with Crippen LogP contribution in [0.3, 0.4) is 0 Å². The number of hydrogen-bond acceptors (Lipinski definition) is 22. The van der Waals surface area contributed by atoms with E-state index in [4.69, 9.17) is 85.0 Å². The van der Waals surface area contributed by atoms with Crippen molar-refractivity contribution in [2.24, 2.45) is 23.7 Å². The lowest BCUT2D eigenvalue weighted by molar-refractivity contribution is -0.145. The van der Waals surface area contributed by atoms with E-state index in [-0.39, 0.29) is 119 Å². The summed E-state index contributed by atoms with van der Waals surface area (Å²) in [4.78, 5) is 51.5. The predicted molar refractivity (Wildman–Crippen MR) is 582 cm³/mol. The van der Waals surface area contributed by atoms with Crippen molar-refractivity contribution in [1.82, 2.24) is 9.80 Å². The van der Waals surface area contributed by atoms with E-state index in [1.165, 1.54) is 36.8 Å². The molecule has 0 amide bonds. The number of nitrogens with zero attached hydrogens (tertiary/aromatic N) is 2. The van der Waals surface area contributed by atoms with Gasteiger partial charge in [0.05, 0.1) is 88.5 Å². The Balaban J connectivity index is 0.000000217. The van der Waals surface area contributed by atoms with E-state index < -0.39 is 48.8 Å². The molecule has 0 spiro atoms. The minimum Gasteiger partial charge on any atom is -0.464 e. The van der Waals surface area contributed by atoms with Gasteiger partial charge in [-0.3, -0.25) is 29.0 Å². The summed E-state index contributed by atoms with van der Waals surface area (Å²) < 4.78 is 31.2. The van der Waals surface area contributed by atoms with Crippen LogP contribution < -0.4 is 0 Å². The van der Waals surface area contributed by atoms with Gasteiger partial charge in [0.2, 0.25) is 0 Å². The van der Waals surface area contributed by atoms with Crippen LogP contribution in [0, 0.1) is 23.7 Å². The molecule has 6 fully saturated rings. The van der Waals surface area contributed by atoms with Gasteiger partial charge in [-0.05, 0) is 208 Å². The fourth-order valence-electron chi connectivity index (χ4n) is 21.6. The standard InChI is InChI=1S/C33H46ClNO5.C31H48ClNO5.C29H39ClO5.C27H41ClO5/c34-29-24-31(37)33(27-15-13-26(14-16-27)30(36)17-12-25-8-4-3-5-9-25)28(29)10-6-1-2-7-11-32(38)40-23-20-35-18-21-39-22-19-35;1-2-3-4-8-11-28(34)24-13-15-25(16-14-24)31-26(27(32)23-29(31)35)10-7-5-6-9-12-30(36)38-22-19-33-17-20-37-21-18-33;30-25-20-27(33)29(24(25)10-6-1-2-7-11-28(34)35-19-18-31)23-15-13-22(14-16-23)26(32)17-12-21-8-4-3-5-9-21;1-2-3-4-8-11-24(30)20-13-15-21(16-14-20)27-22(23(28)19-25(27)31)10-7-5-6-9-12-26(32)33-18-17-29/h3-5,8-9,13-16,28-31,33,36-37H,1-2,6-7,10-12,17-24H2;5,7,13-16,26-29,31,34-35H,2-4,6,8-12,17-23H2,1H3;3-5,8-9,13-16,24-27,29,31-33H,1-2,6-7,10-12,17-20H2;5,7,13-16,22-25,27,29-31H,2-4,6,8-12,17-19H2,1H3/b;7-5-;;7-5-/t28-,29+,30?,31+,33+;26-,27+,28?,29+,31+;24-,25+,26?,27+,29+;22-,23+,24?,25+,27+/m0000/s1. The van der Waals surface area contributed by atoms with Gasteiger partial charge in [-0.15, -0.1) is 46.4 Å². The molecule has 6 aliphatic rings. The molecule has 10 N–H and O–H groups in total. The number of alkyl halides is 4. The minimum absolute atomic E-state index is 0.00136. The van der Waals surface area contributed by atoms with Crippen LogP contribution in [0.25, 0.3) is 0 Å². The number of rotatable bonds is 60. The molecule has 4 aliphatic carbocycles. The summed E-state index contributed by atoms with van der Waals surface area (Å²) in [6.45, 7) is 13.3. The summed E-state index contributed by atoms with van der Waals surface area (Å²) in [6, 6.07) is 52.7. The van der Waals surface area contributed by atoms with Crippen molar-refractivity contribution in [3.63, 3.8) is 0 Å². The number of carbonyl (C=O) groups excluding carboxylic acids is 4. The van der Waals surface area contributed by atoms with E-state index in [1.807, 2.05) is 109 Å². The zero-order valence-corrected chi connectivity index (χ0v) is 90.0. The Morgan fingerprint density at radius 2 is 0.623 bits per heavy atom. The SMILES string of the molecule is CCCCCCC(O)c1ccc([C@@H]2[C@@H](C/C=C\CCCC(=O)OCCN3CCOCC3)[C@H](Cl)C[C@H]2O)cc1.CCCCCCC(O)c1ccc([C@@H]2[C@@H](C/C=C\CCCC(=O)OCCO)[C@H](Cl)C[C@H]2O)cc1.O=C(CCCCCC[C@@H]1[C@@H](c2ccc(C(O)CCc3ccccc3)cc2)[C@H](O)C[C@H]1Cl)OCCN1CCOCC1.O=C(CCCCCC[C@@H]1[C@@H](c2ccc(C(O)CCc3ccccc3)cc2)[C@H](O)C[C@H]1Cl)OCCO. The Hall–Kier alpha value is -6.72. The van der Waals surface area contributed by atoms with Crippen molar-refractivity contribution in [3.8, 4) is 0 Å². The molecule has 0 bridgehead atoms. The van der Waals surface area contributed by atoms with Gasteiger partial charge in [-0.2, -0.15) is 0 Å². The maximum Gasteiger partial charge on any atom is 0.305 e. The van der Waals surface area contributed by atoms with Crippen molar-refractivity contribution in [3.05, 3.63) is 238 Å². The van der Waals surface area contributed by atoms with Gasteiger partial charge in [0.15, 0.2) is 0 Å². The molecule has 12 rings (SSSR count). The molecule has 4 unspecified atom stereocenters. The minimum atomic E-state index is -0.518. The topological polar surface area (TPSA) is 332 Å². The Morgan fingerprint density at radius 3 is 0.938 bits per heavy atom. The molecule has 2 heterocycles. The van der Waals surface area contributed by atoms with Crippen molar-refractivity contribution >= 4 is 70.3 Å². The Labute approximate surface area is 891 Å². The van der Waals surface area contributed by atoms with Crippen LogP contribution in [0.4, 0.5) is 0 Å². The van der Waals surface area contributed by atoms with E-state index in [9.17, 15) is 60.0 Å². The first kappa shape index (κ1) is 123. The van der Waals surface area contributed by atoms with Crippen LogP contribution in [0.1, 0.15) is 349 Å². The number of morpholine rings is 2. The average molecular weight is 2110 g/mol. The molecule has 6 aromatic rings. The van der Waals surface area contributed by atoms with Gasteiger partial charge in [-0.1, -0.05) is 286 Å². The average Bonchev–Trinajstić information content (AvgIpc) is 1.67. The quantitative estimate of drug-likeness (QED) is 0.00557. The highest BCUT2D eigenvalue weighted by Gasteiger charge is 2.46. The summed E-state index contributed by atoms with van der Waals surface area (Å²) in [5, 5.41) is 102. The lowest BCUT2D eigenvalue weighted by Crippen LogP contribution is -2.38. The number of ether oxygens (including phenoxy) is 6. The van der Waals surface area contributed by atoms with E-state index in [2.05, 4.69) is 96.5 Å². The Bertz CT molecular complexity index is 4540. The second-order valence-electron chi connectivity index (χ2n) is 40.9. The number of benzene rings is 6. The number of esters is 4. The number of aliphatic hydroxyl groups excluding tert-OH is 10. The molecule has 2 saturated heterocycles. The molecule has 4 saturated carbocycles. The number of aliphatic hydroxyl groups is 10. The van der Waals surface area contributed by atoms with E-state index in [0.29, 0.717) is 83.8 Å². The molecular weight excluding hydrogens is 1930 g/mol. The monoisotopic (exact) mass is 2100 g/mol.